The molecule has 6 heteroatoms. The summed E-state index contributed by atoms with van der Waals surface area (Å²) in [4.78, 5) is 23.7. The number of rotatable bonds is 5. The molecule has 1 amide bonds. The average Bonchev–Trinajstić information content (AvgIpc) is 2.37. The van der Waals surface area contributed by atoms with Crippen molar-refractivity contribution in [1.29, 1.82) is 0 Å². The standard InChI is InChI=1S/C13H19N3O3/c1-9(2)12(14)13(17)15(3)8-10-5-4-6-11(7-10)16(18)19/h4-7,9,12H,8,14H2,1-3H3/t12-/m0/s1. The van der Waals surface area contributed by atoms with E-state index in [1.807, 2.05) is 13.8 Å². The molecule has 1 rings (SSSR count). The van der Waals surface area contributed by atoms with Crippen LogP contribution in [0.5, 0.6) is 0 Å². The largest absolute Gasteiger partial charge is 0.340 e. The first-order valence-electron chi connectivity index (χ1n) is 6.06. The Labute approximate surface area is 112 Å². The van der Waals surface area contributed by atoms with Crippen LogP contribution in [0, 0.1) is 16.0 Å². The summed E-state index contributed by atoms with van der Waals surface area (Å²) in [6.07, 6.45) is 0. The average molecular weight is 265 g/mol. The van der Waals surface area contributed by atoms with Crippen molar-refractivity contribution in [2.24, 2.45) is 11.7 Å². The van der Waals surface area contributed by atoms with Gasteiger partial charge >= 0.3 is 0 Å². The van der Waals surface area contributed by atoms with Gasteiger partial charge in [0.2, 0.25) is 5.91 Å². The lowest BCUT2D eigenvalue weighted by Crippen LogP contribution is -2.44. The van der Waals surface area contributed by atoms with Crippen LogP contribution in [-0.2, 0) is 11.3 Å². The number of carbonyl (C=O) groups is 1. The first-order chi connectivity index (χ1) is 8.82. The third-order valence-corrected chi connectivity index (χ3v) is 2.92. The summed E-state index contributed by atoms with van der Waals surface area (Å²) in [5.41, 5.74) is 6.52. The van der Waals surface area contributed by atoms with Crippen molar-refractivity contribution in [2.75, 3.05) is 7.05 Å². The number of nitro groups is 1. The number of nitrogens with zero attached hydrogens (tertiary/aromatic N) is 2. The summed E-state index contributed by atoms with van der Waals surface area (Å²) in [6.45, 7) is 4.06. The quantitative estimate of drug-likeness (QED) is 0.646. The SMILES string of the molecule is CC(C)[C@H](N)C(=O)N(C)Cc1cccc([N+](=O)[O-])c1. The number of likely N-dealkylation sites (N-methyl/N-ethyl adjacent to an activating group) is 1. The Balaban J connectivity index is 2.76. The zero-order valence-electron chi connectivity index (χ0n) is 11.4. The molecule has 0 heterocycles. The van der Waals surface area contributed by atoms with E-state index in [2.05, 4.69) is 0 Å². The first-order valence-corrected chi connectivity index (χ1v) is 6.06. The van der Waals surface area contributed by atoms with E-state index < -0.39 is 11.0 Å². The van der Waals surface area contributed by atoms with E-state index >= 15 is 0 Å². The summed E-state index contributed by atoms with van der Waals surface area (Å²) in [5, 5.41) is 10.7. The third kappa shape index (κ3) is 4.03. The van der Waals surface area contributed by atoms with E-state index in [4.69, 9.17) is 5.73 Å². The molecule has 0 spiro atoms. The minimum atomic E-state index is -0.552. The molecule has 0 bridgehead atoms. The highest BCUT2D eigenvalue weighted by Gasteiger charge is 2.21. The Kier molecular flexibility index (Phi) is 5.00. The number of amides is 1. The molecule has 2 N–H and O–H groups in total. The second kappa shape index (κ2) is 6.29. The van der Waals surface area contributed by atoms with Gasteiger partial charge in [0, 0.05) is 25.7 Å². The number of carbonyl (C=O) groups excluding carboxylic acids is 1. The fourth-order valence-electron chi connectivity index (χ4n) is 1.66. The summed E-state index contributed by atoms with van der Waals surface area (Å²) < 4.78 is 0. The minimum absolute atomic E-state index is 0.0199. The molecule has 0 aliphatic carbocycles. The topological polar surface area (TPSA) is 89.5 Å². The highest BCUT2D eigenvalue weighted by Crippen LogP contribution is 2.15. The van der Waals surface area contributed by atoms with Crippen LogP contribution in [0.4, 0.5) is 5.69 Å². The van der Waals surface area contributed by atoms with Crippen molar-refractivity contribution in [3.63, 3.8) is 0 Å². The molecule has 0 radical (unpaired) electrons. The Morgan fingerprint density at radius 2 is 2.11 bits per heavy atom. The second-order valence-corrected chi connectivity index (χ2v) is 4.89. The molecule has 19 heavy (non-hydrogen) atoms. The van der Waals surface area contributed by atoms with Crippen LogP contribution in [-0.4, -0.2) is 28.8 Å². The van der Waals surface area contributed by atoms with Crippen LogP contribution >= 0.6 is 0 Å². The van der Waals surface area contributed by atoms with E-state index in [1.54, 1.807) is 19.2 Å². The normalized spacial score (nSPS) is 12.3. The van der Waals surface area contributed by atoms with Crippen molar-refractivity contribution in [3.8, 4) is 0 Å². The molecule has 6 nitrogen and oxygen atoms in total. The van der Waals surface area contributed by atoms with E-state index in [0.29, 0.717) is 12.1 Å². The Hall–Kier alpha value is -1.95. The maximum absolute atomic E-state index is 12.0. The predicted octanol–water partition coefficient (Wildman–Crippen LogP) is 1.54. The van der Waals surface area contributed by atoms with Crippen molar-refractivity contribution >= 4 is 11.6 Å². The van der Waals surface area contributed by atoms with Gasteiger partial charge in [0.15, 0.2) is 0 Å². The van der Waals surface area contributed by atoms with Crippen molar-refractivity contribution in [3.05, 3.63) is 39.9 Å². The molecule has 1 aromatic carbocycles. The molecular formula is C13H19N3O3. The van der Waals surface area contributed by atoms with Gasteiger partial charge < -0.3 is 10.6 Å². The number of non-ortho nitro benzene ring substituents is 1. The smallest absolute Gasteiger partial charge is 0.269 e. The fraction of sp³-hybridized carbons (Fsp3) is 0.462. The fourth-order valence-corrected chi connectivity index (χ4v) is 1.66. The third-order valence-electron chi connectivity index (χ3n) is 2.92. The number of nitrogens with two attached hydrogens (primary N) is 1. The molecule has 0 saturated carbocycles. The Bertz CT molecular complexity index is 474. The van der Waals surface area contributed by atoms with E-state index in [-0.39, 0.29) is 17.5 Å². The first kappa shape index (κ1) is 15.1. The van der Waals surface area contributed by atoms with Crippen LogP contribution in [0.25, 0.3) is 0 Å². The molecule has 0 aliphatic heterocycles. The van der Waals surface area contributed by atoms with Gasteiger partial charge in [-0.1, -0.05) is 26.0 Å². The number of hydrogen-bond donors (Lipinski definition) is 1. The minimum Gasteiger partial charge on any atom is -0.340 e. The van der Waals surface area contributed by atoms with E-state index in [9.17, 15) is 14.9 Å². The summed E-state index contributed by atoms with van der Waals surface area (Å²) in [6, 6.07) is 5.69. The second-order valence-electron chi connectivity index (χ2n) is 4.89. The van der Waals surface area contributed by atoms with Crippen LogP contribution in [0.3, 0.4) is 0 Å². The van der Waals surface area contributed by atoms with Gasteiger partial charge in [0.05, 0.1) is 11.0 Å². The maximum Gasteiger partial charge on any atom is 0.269 e. The predicted molar refractivity (Wildman–Crippen MR) is 72.4 cm³/mol. The molecule has 0 aromatic heterocycles. The van der Waals surface area contributed by atoms with Crippen LogP contribution in [0.2, 0.25) is 0 Å². The highest BCUT2D eigenvalue weighted by molar-refractivity contribution is 5.81. The van der Waals surface area contributed by atoms with Crippen LogP contribution in [0.15, 0.2) is 24.3 Å². The summed E-state index contributed by atoms with van der Waals surface area (Å²) >= 11 is 0. The Morgan fingerprint density at radius 3 is 2.63 bits per heavy atom. The molecule has 0 aliphatic rings. The molecule has 1 aromatic rings. The van der Waals surface area contributed by atoms with Crippen LogP contribution < -0.4 is 5.73 Å². The molecule has 1 atom stereocenters. The van der Waals surface area contributed by atoms with Gasteiger partial charge in [0.1, 0.15) is 0 Å². The summed E-state index contributed by atoms with van der Waals surface area (Å²) in [5.74, 6) is -0.110. The van der Waals surface area contributed by atoms with Gasteiger partial charge in [-0.2, -0.15) is 0 Å². The number of nitro benzene ring substituents is 1. The monoisotopic (exact) mass is 265 g/mol. The zero-order valence-corrected chi connectivity index (χ0v) is 11.4. The van der Waals surface area contributed by atoms with Crippen LogP contribution in [0.1, 0.15) is 19.4 Å². The molecule has 104 valence electrons. The van der Waals surface area contributed by atoms with Gasteiger partial charge in [0.25, 0.3) is 5.69 Å². The van der Waals surface area contributed by atoms with Crippen molar-refractivity contribution < 1.29 is 9.72 Å². The van der Waals surface area contributed by atoms with Gasteiger partial charge in [-0.25, -0.2) is 0 Å². The molecule has 0 saturated heterocycles. The maximum atomic E-state index is 12.0. The molecule has 0 unspecified atom stereocenters. The lowest BCUT2D eigenvalue weighted by atomic mass is 10.0. The molecular weight excluding hydrogens is 246 g/mol. The lowest BCUT2D eigenvalue weighted by molar-refractivity contribution is -0.384. The summed E-state index contributed by atoms with van der Waals surface area (Å²) in [7, 11) is 1.64. The van der Waals surface area contributed by atoms with E-state index in [1.165, 1.54) is 17.0 Å². The van der Waals surface area contributed by atoms with Crippen molar-refractivity contribution in [2.45, 2.75) is 26.4 Å². The highest BCUT2D eigenvalue weighted by atomic mass is 16.6. The van der Waals surface area contributed by atoms with Gasteiger partial charge in [-0.15, -0.1) is 0 Å². The number of hydrogen-bond acceptors (Lipinski definition) is 4. The lowest BCUT2D eigenvalue weighted by Gasteiger charge is -2.23. The number of benzene rings is 1. The van der Waals surface area contributed by atoms with Crippen molar-refractivity contribution in [1.82, 2.24) is 4.90 Å². The zero-order chi connectivity index (χ0) is 14.6. The van der Waals surface area contributed by atoms with Gasteiger partial charge in [-0.05, 0) is 11.5 Å². The van der Waals surface area contributed by atoms with Gasteiger partial charge in [-0.3, -0.25) is 14.9 Å². The van der Waals surface area contributed by atoms with E-state index in [0.717, 1.165) is 0 Å². The molecule has 0 fully saturated rings. The Morgan fingerprint density at radius 1 is 1.47 bits per heavy atom.